The van der Waals surface area contributed by atoms with Crippen LogP contribution < -0.4 is 0 Å². The summed E-state index contributed by atoms with van der Waals surface area (Å²) < 4.78 is 17.4. The molecule has 0 N–H and O–H groups in total. The van der Waals surface area contributed by atoms with Crippen LogP contribution in [0.1, 0.15) is 12.5 Å². The van der Waals surface area contributed by atoms with E-state index in [-0.39, 0.29) is 5.82 Å². The average molecular weight is 246 g/mol. The van der Waals surface area contributed by atoms with Crippen LogP contribution in [0.4, 0.5) is 4.39 Å². The van der Waals surface area contributed by atoms with Gasteiger partial charge >= 0.3 is 5.97 Å². The molecule has 0 aliphatic rings. The normalized spacial score (nSPS) is 11.6. The molecular formula is C15H15FO2. The first-order chi connectivity index (χ1) is 8.52. The van der Waals surface area contributed by atoms with Crippen LogP contribution in [-0.2, 0) is 9.53 Å². The number of rotatable bonds is 4. The van der Waals surface area contributed by atoms with Gasteiger partial charge in [0.25, 0.3) is 0 Å². The second-order valence-electron chi connectivity index (χ2n) is 3.82. The maximum absolute atomic E-state index is 12.8. The van der Waals surface area contributed by atoms with Crippen LogP contribution in [-0.4, -0.2) is 13.1 Å². The highest BCUT2D eigenvalue weighted by Gasteiger charge is 2.05. The van der Waals surface area contributed by atoms with Crippen LogP contribution in [0.3, 0.4) is 0 Å². The first-order valence-corrected chi connectivity index (χ1v) is 5.42. The van der Waals surface area contributed by atoms with Gasteiger partial charge < -0.3 is 4.74 Å². The molecule has 1 rings (SSSR count). The molecule has 0 fully saturated rings. The van der Waals surface area contributed by atoms with E-state index in [2.05, 4.69) is 11.3 Å². The SMILES string of the molecule is C=C(C)/C=C\C(=C\c1ccc(F)cc1)C(=O)OC. The fourth-order valence-corrected chi connectivity index (χ4v) is 1.26. The number of hydrogen-bond donors (Lipinski definition) is 0. The van der Waals surface area contributed by atoms with E-state index in [1.54, 1.807) is 30.4 Å². The van der Waals surface area contributed by atoms with Gasteiger partial charge in [0.1, 0.15) is 5.82 Å². The molecule has 0 radical (unpaired) electrons. The fraction of sp³-hybridized carbons (Fsp3) is 0.133. The van der Waals surface area contributed by atoms with Gasteiger partial charge in [-0.2, -0.15) is 0 Å². The Labute approximate surface area is 106 Å². The predicted molar refractivity (Wildman–Crippen MR) is 70.3 cm³/mol. The average Bonchev–Trinajstić information content (AvgIpc) is 2.35. The molecule has 0 spiro atoms. The van der Waals surface area contributed by atoms with E-state index in [9.17, 15) is 9.18 Å². The molecule has 0 saturated carbocycles. The predicted octanol–water partition coefficient (Wildman–Crippen LogP) is 3.51. The van der Waals surface area contributed by atoms with Crippen molar-refractivity contribution >= 4 is 12.0 Å². The third-order valence-corrected chi connectivity index (χ3v) is 2.16. The van der Waals surface area contributed by atoms with Crippen molar-refractivity contribution < 1.29 is 13.9 Å². The van der Waals surface area contributed by atoms with E-state index in [0.29, 0.717) is 5.57 Å². The number of carbonyl (C=O) groups is 1. The summed E-state index contributed by atoms with van der Waals surface area (Å²) in [6, 6.07) is 5.85. The molecule has 3 heteroatoms. The Morgan fingerprint density at radius 1 is 1.28 bits per heavy atom. The lowest BCUT2D eigenvalue weighted by molar-refractivity contribution is -0.135. The number of esters is 1. The lowest BCUT2D eigenvalue weighted by Gasteiger charge is -2.01. The standard InChI is InChI=1S/C15H15FO2/c1-11(2)4-7-13(15(17)18-3)10-12-5-8-14(16)9-6-12/h4-10H,1H2,2-3H3/b7-4-,13-10-. The maximum atomic E-state index is 12.8. The number of ether oxygens (including phenoxy) is 1. The summed E-state index contributed by atoms with van der Waals surface area (Å²) in [5, 5.41) is 0. The highest BCUT2D eigenvalue weighted by Crippen LogP contribution is 2.11. The van der Waals surface area contributed by atoms with Crippen LogP contribution in [0.2, 0.25) is 0 Å². The van der Waals surface area contributed by atoms with Gasteiger partial charge in [0.2, 0.25) is 0 Å². The van der Waals surface area contributed by atoms with Crippen LogP contribution >= 0.6 is 0 Å². The second-order valence-corrected chi connectivity index (χ2v) is 3.82. The molecule has 0 aliphatic heterocycles. The zero-order valence-electron chi connectivity index (χ0n) is 10.4. The molecule has 1 aromatic carbocycles. The Morgan fingerprint density at radius 2 is 1.89 bits per heavy atom. The Morgan fingerprint density at radius 3 is 2.39 bits per heavy atom. The minimum absolute atomic E-state index is 0.316. The number of methoxy groups -OCH3 is 1. The number of benzene rings is 1. The van der Waals surface area contributed by atoms with Crippen LogP contribution in [0, 0.1) is 5.82 Å². The fourth-order valence-electron chi connectivity index (χ4n) is 1.26. The smallest absolute Gasteiger partial charge is 0.337 e. The van der Waals surface area contributed by atoms with Gasteiger partial charge in [-0.25, -0.2) is 9.18 Å². The molecule has 1 aromatic rings. The molecule has 0 saturated heterocycles. The first-order valence-electron chi connectivity index (χ1n) is 5.42. The number of halogens is 1. The Bertz CT molecular complexity index is 496. The molecule has 94 valence electrons. The van der Waals surface area contributed by atoms with Gasteiger partial charge in [-0.3, -0.25) is 0 Å². The Hall–Kier alpha value is -2.16. The van der Waals surface area contributed by atoms with E-state index in [4.69, 9.17) is 0 Å². The van der Waals surface area contributed by atoms with Gasteiger partial charge in [-0.05, 0) is 36.8 Å². The van der Waals surface area contributed by atoms with Crippen molar-refractivity contribution in [3.05, 3.63) is 65.5 Å². The quantitative estimate of drug-likeness (QED) is 0.461. The van der Waals surface area contributed by atoms with Gasteiger partial charge in [-0.15, -0.1) is 0 Å². The zero-order valence-corrected chi connectivity index (χ0v) is 10.4. The number of carbonyl (C=O) groups excluding carboxylic acids is 1. The van der Waals surface area contributed by atoms with Crippen molar-refractivity contribution in [1.82, 2.24) is 0 Å². The molecule has 18 heavy (non-hydrogen) atoms. The molecule has 0 heterocycles. The number of allylic oxidation sites excluding steroid dienone is 2. The lowest BCUT2D eigenvalue weighted by Crippen LogP contribution is -2.02. The molecule has 0 unspecified atom stereocenters. The van der Waals surface area contributed by atoms with Crippen LogP contribution in [0.15, 0.2) is 54.1 Å². The second kappa shape index (κ2) is 6.55. The van der Waals surface area contributed by atoms with E-state index >= 15 is 0 Å². The number of hydrogen-bond acceptors (Lipinski definition) is 2. The van der Waals surface area contributed by atoms with Gasteiger partial charge in [0.15, 0.2) is 0 Å². The van der Waals surface area contributed by atoms with E-state index in [0.717, 1.165) is 11.1 Å². The maximum Gasteiger partial charge on any atom is 0.337 e. The van der Waals surface area contributed by atoms with Gasteiger partial charge in [0, 0.05) is 0 Å². The van der Waals surface area contributed by atoms with E-state index in [1.807, 2.05) is 6.92 Å². The third-order valence-electron chi connectivity index (χ3n) is 2.16. The highest BCUT2D eigenvalue weighted by atomic mass is 19.1. The molecule has 0 aliphatic carbocycles. The van der Waals surface area contributed by atoms with Crippen molar-refractivity contribution in [2.75, 3.05) is 7.11 Å². The van der Waals surface area contributed by atoms with E-state index < -0.39 is 5.97 Å². The molecule has 2 nitrogen and oxygen atoms in total. The molecule has 0 bridgehead atoms. The zero-order chi connectivity index (χ0) is 13.5. The highest BCUT2D eigenvalue weighted by molar-refractivity contribution is 5.96. The molecule has 0 aromatic heterocycles. The summed E-state index contributed by atoms with van der Waals surface area (Å²) in [5.41, 5.74) is 1.93. The molecule has 0 atom stereocenters. The van der Waals surface area contributed by atoms with Crippen molar-refractivity contribution in [2.24, 2.45) is 0 Å². The van der Waals surface area contributed by atoms with Crippen molar-refractivity contribution in [2.45, 2.75) is 6.92 Å². The van der Waals surface area contributed by atoms with E-state index in [1.165, 1.54) is 19.2 Å². The largest absolute Gasteiger partial charge is 0.465 e. The van der Waals surface area contributed by atoms with Crippen molar-refractivity contribution in [1.29, 1.82) is 0 Å². The van der Waals surface area contributed by atoms with Crippen LogP contribution in [0.25, 0.3) is 6.08 Å². The molecule has 0 amide bonds. The summed E-state index contributed by atoms with van der Waals surface area (Å²) in [6.45, 7) is 5.54. The minimum atomic E-state index is -0.447. The third kappa shape index (κ3) is 4.37. The lowest BCUT2D eigenvalue weighted by atomic mass is 10.1. The summed E-state index contributed by atoms with van der Waals surface area (Å²) in [7, 11) is 1.31. The summed E-state index contributed by atoms with van der Waals surface area (Å²) in [5.74, 6) is -0.763. The Kier molecular flexibility index (Phi) is 5.06. The van der Waals surface area contributed by atoms with Crippen molar-refractivity contribution in [3.8, 4) is 0 Å². The summed E-state index contributed by atoms with van der Waals surface area (Å²) in [6.07, 6.45) is 4.97. The monoisotopic (exact) mass is 246 g/mol. The van der Waals surface area contributed by atoms with Crippen molar-refractivity contribution in [3.63, 3.8) is 0 Å². The molecular weight excluding hydrogens is 231 g/mol. The topological polar surface area (TPSA) is 26.3 Å². The summed E-state index contributed by atoms with van der Waals surface area (Å²) in [4.78, 5) is 11.6. The van der Waals surface area contributed by atoms with Gasteiger partial charge in [0.05, 0.1) is 12.7 Å². The first kappa shape index (κ1) is 13.9. The van der Waals surface area contributed by atoms with Crippen LogP contribution in [0.5, 0.6) is 0 Å². The van der Waals surface area contributed by atoms with Gasteiger partial charge in [-0.1, -0.05) is 30.4 Å². The minimum Gasteiger partial charge on any atom is -0.465 e. The summed E-state index contributed by atoms with van der Waals surface area (Å²) >= 11 is 0. The Balaban J connectivity index is 3.05.